The van der Waals surface area contributed by atoms with Gasteiger partial charge in [-0.2, -0.15) is 0 Å². The Morgan fingerprint density at radius 2 is 1.73 bits per heavy atom. The molecule has 2 aromatic rings. The van der Waals surface area contributed by atoms with Gasteiger partial charge in [-0.15, -0.1) is 0 Å². The van der Waals surface area contributed by atoms with Crippen LogP contribution in [0.4, 0.5) is 17.3 Å². The standard InChI is InChI=1S/C17H27N5O3Si/c1-21-12-13-22(2)17(21)20-19-16-9-7-15(8-10-16)18-11-6-14-26(23-3,24-4)25-5/h7-10,12-13H,6,11,14H2,1-5H3/p+1. The molecule has 26 heavy (non-hydrogen) atoms. The van der Waals surface area contributed by atoms with Gasteiger partial charge in [-0.05, 0) is 30.7 Å². The molecule has 1 heterocycles. The molecule has 0 bridgehead atoms. The van der Waals surface area contributed by atoms with Gasteiger partial charge >= 0.3 is 14.8 Å². The van der Waals surface area contributed by atoms with Crippen LogP contribution in [0.25, 0.3) is 0 Å². The van der Waals surface area contributed by atoms with E-state index in [0.29, 0.717) is 0 Å². The molecule has 0 aliphatic rings. The van der Waals surface area contributed by atoms with E-state index < -0.39 is 8.80 Å². The van der Waals surface area contributed by atoms with Gasteiger partial charge in [0, 0.05) is 44.7 Å². The quantitative estimate of drug-likeness (QED) is 0.299. The molecule has 8 nitrogen and oxygen atoms in total. The molecular formula is C17H28N5O3Si+. The second kappa shape index (κ2) is 9.58. The molecule has 0 spiro atoms. The van der Waals surface area contributed by atoms with Gasteiger partial charge in [0.25, 0.3) is 0 Å². The molecule has 2 rings (SSSR count). The van der Waals surface area contributed by atoms with Crippen LogP contribution in [-0.4, -0.2) is 41.2 Å². The lowest BCUT2D eigenvalue weighted by molar-refractivity contribution is -0.657. The lowest BCUT2D eigenvalue weighted by Gasteiger charge is -2.24. The molecule has 0 aliphatic carbocycles. The Kier molecular flexibility index (Phi) is 7.46. The molecule has 0 aliphatic heterocycles. The molecule has 0 unspecified atom stereocenters. The number of rotatable bonds is 10. The van der Waals surface area contributed by atoms with Gasteiger partial charge in [0.1, 0.15) is 5.69 Å². The third-order valence-corrected chi connectivity index (χ3v) is 7.02. The number of nitrogens with zero attached hydrogens (tertiary/aromatic N) is 4. The highest BCUT2D eigenvalue weighted by Gasteiger charge is 2.36. The Morgan fingerprint density at radius 1 is 1.08 bits per heavy atom. The van der Waals surface area contributed by atoms with Crippen molar-refractivity contribution >= 4 is 26.1 Å². The highest BCUT2D eigenvalue weighted by Crippen LogP contribution is 2.19. The number of anilines is 1. The Morgan fingerprint density at radius 3 is 2.27 bits per heavy atom. The summed E-state index contributed by atoms with van der Waals surface area (Å²) in [4.78, 5) is 0. The predicted octanol–water partition coefficient (Wildman–Crippen LogP) is 2.95. The number of azo groups is 1. The summed E-state index contributed by atoms with van der Waals surface area (Å²) in [6.07, 6.45) is 4.78. The SMILES string of the molecule is CO[Si](CCCNc1ccc(/N=N/c2n(C)cc[n+]2C)cc1)(OC)OC. The minimum atomic E-state index is -2.48. The molecule has 1 aromatic heterocycles. The highest BCUT2D eigenvalue weighted by molar-refractivity contribution is 6.60. The van der Waals surface area contributed by atoms with E-state index >= 15 is 0 Å². The van der Waals surface area contributed by atoms with Gasteiger partial charge in [0.15, 0.2) is 0 Å². The summed E-state index contributed by atoms with van der Waals surface area (Å²) in [5, 5.41) is 12.0. The lowest BCUT2D eigenvalue weighted by Crippen LogP contribution is -2.42. The van der Waals surface area contributed by atoms with Gasteiger partial charge < -0.3 is 18.6 Å². The monoisotopic (exact) mass is 378 g/mol. The highest BCUT2D eigenvalue weighted by atomic mass is 28.4. The van der Waals surface area contributed by atoms with Crippen molar-refractivity contribution in [2.24, 2.45) is 24.3 Å². The normalized spacial score (nSPS) is 12.0. The molecule has 0 saturated carbocycles. The Bertz CT molecular complexity index is 686. The number of aryl methyl sites for hydroxylation is 2. The minimum absolute atomic E-state index is 0.767. The number of hydrogen-bond acceptors (Lipinski definition) is 6. The largest absolute Gasteiger partial charge is 0.500 e. The van der Waals surface area contributed by atoms with Gasteiger partial charge in [-0.3, -0.25) is 0 Å². The van der Waals surface area contributed by atoms with Crippen LogP contribution in [0.3, 0.4) is 0 Å². The Hall–Kier alpha value is -2.07. The van der Waals surface area contributed by atoms with E-state index in [1.807, 2.05) is 59.9 Å². The summed E-state index contributed by atoms with van der Waals surface area (Å²) >= 11 is 0. The molecule has 0 fully saturated rings. The number of imidazole rings is 1. The fraction of sp³-hybridized carbons (Fsp3) is 0.471. The molecule has 0 atom stereocenters. The van der Waals surface area contributed by atoms with Crippen molar-refractivity contribution in [2.75, 3.05) is 33.2 Å². The summed E-state index contributed by atoms with van der Waals surface area (Å²) in [6.45, 7) is 0.810. The van der Waals surface area contributed by atoms with Crippen molar-refractivity contribution in [3.8, 4) is 0 Å². The first kappa shape index (κ1) is 20.2. The Balaban J connectivity index is 1.84. The van der Waals surface area contributed by atoms with Crippen LogP contribution in [-0.2, 0) is 27.4 Å². The van der Waals surface area contributed by atoms with Crippen LogP contribution in [0.5, 0.6) is 0 Å². The number of benzene rings is 1. The molecule has 1 aromatic carbocycles. The summed E-state index contributed by atoms with van der Waals surface area (Å²) < 4.78 is 20.1. The van der Waals surface area contributed by atoms with Gasteiger partial charge in [-0.25, -0.2) is 9.13 Å². The third-order valence-electron chi connectivity index (χ3n) is 4.19. The van der Waals surface area contributed by atoms with Crippen molar-refractivity contribution in [3.05, 3.63) is 36.7 Å². The zero-order valence-corrected chi connectivity index (χ0v) is 17.1. The fourth-order valence-electron chi connectivity index (χ4n) is 2.57. The second-order valence-electron chi connectivity index (χ2n) is 5.89. The molecule has 9 heteroatoms. The van der Waals surface area contributed by atoms with Crippen molar-refractivity contribution in [1.82, 2.24) is 4.57 Å². The number of hydrogen-bond donors (Lipinski definition) is 1. The maximum atomic E-state index is 5.42. The predicted molar refractivity (Wildman–Crippen MR) is 102 cm³/mol. The summed E-state index contributed by atoms with van der Waals surface area (Å²) in [7, 11) is 6.30. The second-order valence-corrected chi connectivity index (χ2v) is 8.98. The lowest BCUT2D eigenvalue weighted by atomic mass is 10.3. The van der Waals surface area contributed by atoms with E-state index in [9.17, 15) is 0 Å². The number of aromatic nitrogens is 2. The zero-order valence-electron chi connectivity index (χ0n) is 16.1. The first-order valence-corrected chi connectivity index (χ1v) is 10.4. The Labute approximate surface area is 155 Å². The maximum Gasteiger partial charge on any atom is 0.500 e. The van der Waals surface area contributed by atoms with Crippen molar-refractivity contribution in [3.63, 3.8) is 0 Å². The average Bonchev–Trinajstić information content (AvgIpc) is 2.99. The van der Waals surface area contributed by atoms with E-state index in [-0.39, 0.29) is 0 Å². The average molecular weight is 379 g/mol. The third kappa shape index (κ3) is 5.21. The molecule has 0 radical (unpaired) electrons. The zero-order chi connectivity index (χ0) is 19.0. The van der Waals surface area contributed by atoms with Crippen molar-refractivity contribution in [2.45, 2.75) is 12.5 Å². The summed E-state index contributed by atoms with van der Waals surface area (Å²) in [6, 6.07) is 8.63. The van der Waals surface area contributed by atoms with Crippen LogP contribution < -0.4 is 9.88 Å². The van der Waals surface area contributed by atoms with Crippen LogP contribution in [0.1, 0.15) is 6.42 Å². The molecular weight excluding hydrogens is 350 g/mol. The first-order chi connectivity index (χ1) is 12.5. The molecule has 1 N–H and O–H groups in total. The molecule has 0 saturated heterocycles. The van der Waals surface area contributed by atoms with Crippen molar-refractivity contribution in [1.29, 1.82) is 0 Å². The van der Waals surface area contributed by atoms with E-state index in [0.717, 1.165) is 36.3 Å². The van der Waals surface area contributed by atoms with Gasteiger partial charge in [0.05, 0.1) is 26.5 Å². The van der Waals surface area contributed by atoms with Gasteiger partial charge in [-0.1, -0.05) is 5.11 Å². The van der Waals surface area contributed by atoms with Gasteiger partial charge in [0.2, 0.25) is 0 Å². The van der Waals surface area contributed by atoms with Crippen LogP contribution in [0.15, 0.2) is 46.9 Å². The van der Waals surface area contributed by atoms with E-state index in [1.54, 1.807) is 21.3 Å². The molecule has 0 amide bonds. The fourth-order valence-corrected chi connectivity index (χ4v) is 4.29. The topological polar surface area (TPSA) is 73.2 Å². The van der Waals surface area contributed by atoms with Crippen LogP contribution in [0.2, 0.25) is 6.04 Å². The smallest absolute Gasteiger partial charge is 0.385 e. The maximum absolute atomic E-state index is 5.42. The molecule has 142 valence electrons. The summed E-state index contributed by atoms with van der Waals surface area (Å²) in [5.41, 5.74) is 1.84. The minimum Gasteiger partial charge on any atom is -0.385 e. The summed E-state index contributed by atoms with van der Waals surface area (Å²) in [5.74, 6) is 0.786. The van der Waals surface area contributed by atoms with Crippen molar-refractivity contribution < 1.29 is 17.8 Å². The van der Waals surface area contributed by atoms with E-state index in [4.69, 9.17) is 13.3 Å². The van der Waals surface area contributed by atoms with E-state index in [1.165, 1.54) is 0 Å². The van der Waals surface area contributed by atoms with Crippen LogP contribution >= 0.6 is 0 Å². The van der Waals surface area contributed by atoms with Crippen LogP contribution in [0, 0.1) is 0 Å². The first-order valence-electron chi connectivity index (χ1n) is 8.45. The number of nitrogens with one attached hydrogen (secondary N) is 1. The van der Waals surface area contributed by atoms with E-state index in [2.05, 4.69) is 15.5 Å².